The molecular formula is C15H25N. The first-order chi connectivity index (χ1) is 7.36. The molecule has 0 saturated carbocycles. The van der Waals surface area contributed by atoms with Gasteiger partial charge in [-0.25, -0.2) is 0 Å². The molecule has 0 amide bonds. The maximum Gasteiger partial charge on any atom is 0.0344 e. The molecule has 16 heavy (non-hydrogen) atoms. The summed E-state index contributed by atoms with van der Waals surface area (Å²) in [5.41, 5.74) is 9.00. The van der Waals surface area contributed by atoms with Crippen LogP contribution >= 0.6 is 0 Å². The van der Waals surface area contributed by atoms with E-state index in [-0.39, 0.29) is 11.5 Å². The Morgan fingerprint density at radius 1 is 1.06 bits per heavy atom. The lowest BCUT2D eigenvalue weighted by Crippen LogP contribution is -2.26. The van der Waals surface area contributed by atoms with E-state index >= 15 is 0 Å². The number of rotatable bonds is 3. The minimum atomic E-state index is 0.110. The summed E-state index contributed by atoms with van der Waals surface area (Å²) < 4.78 is 0. The standard InChI is InChI=1S/C15H25N/c1-6-11(2)12-7-9-13(10-8-12)14(16)15(3,4)5/h7-11,14H,6,16H2,1-5H3. The van der Waals surface area contributed by atoms with Gasteiger partial charge in [-0.3, -0.25) is 0 Å². The zero-order valence-corrected chi connectivity index (χ0v) is 11.2. The Morgan fingerprint density at radius 3 is 1.88 bits per heavy atom. The van der Waals surface area contributed by atoms with Crippen molar-refractivity contribution >= 4 is 0 Å². The fraction of sp³-hybridized carbons (Fsp3) is 0.600. The van der Waals surface area contributed by atoms with E-state index in [1.54, 1.807) is 0 Å². The molecule has 2 atom stereocenters. The highest BCUT2D eigenvalue weighted by atomic mass is 14.7. The van der Waals surface area contributed by atoms with Crippen molar-refractivity contribution in [1.29, 1.82) is 0 Å². The first-order valence-corrected chi connectivity index (χ1v) is 6.21. The zero-order chi connectivity index (χ0) is 12.3. The predicted octanol–water partition coefficient (Wildman–Crippen LogP) is 4.25. The van der Waals surface area contributed by atoms with Gasteiger partial charge in [0.05, 0.1) is 0 Å². The second-order valence-corrected chi connectivity index (χ2v) is 5.82. The Labute approximate surface area is 100 Å². The lowest BCUT2D eigenvalue weighted by Gasteiger charge is -2.27. The molecule has 0 aliphatic rings. The summed E-state index contributed by atoms with van der Waals surface area (Å²) in [6.45, 7) is 11.0. The molecule has 2 unspecified atom stereocenters. The largest absolute Gasteiger partial charge is 0.324 e. The maximum atomic E-state index is 6.23. The van der Waals surface area contributed by atoms with Crippen LogP contribution < -0.4 is 5.73 Å². The van der Waals surface area contributed by atoms with Crippen molar-refractivity contribution < 1.29 is 0 Å². The highest BCUT2D eigenvalue weighted by Crippen LogP contribution is 2.31. The van der Waals surface area contributed by atoms with Gasteiger partial charge in [0.15, 0.2) is 0 Å². The van der Waals surface area contributed by atoms with Gasteiger partial charge in [-0.2, -0.15) is 0 Å². The van der Waals surface area contributed by atoms with Crippen molar-refractivity contribution in [2.75, 3.05) is 0 Å². The van der Waals surface area contributed by atoms with Crippen molar-refractivity contribution in [2.45, 2.75) is 53.0 Å². The molecule has 1 rings (SSSR count). The van der Waals surface area contributed by atoms with Crippen LogP contribution in [0.5, 0.6) is 0 Å². The van der Waals surface area contributed by atoms with Crippen LogP contribution in [0, 0.1) is 5.41 Å². The molecule has 0 radical (unpaired) electrons. The fourth-order valence-corrected chi connectivity index (χ4v) is 1.77. The highest BCUT2D eigenvalue weighted by Gasteiger charge is 2.22. The molecule has 0 saturated heterocycles. The van der Waals surface area contributed by atoms with E-state index in [0.29, 0.717) is 5.92 Å². The van der Waals surface area contributed by atoms with Gasteiger partial charge in [0, 0.05) is 6.04 Å². The molecule has 90 valence electrons. The van der Waals surface area contributed by atoms with Gasteiger partial charge in [0.25, 0.3) is 0 Å². The van der Waals surface area contributed by atoms with Gasteiger partial charge < -0.3 is 5.73 Å². The van der Waals surface area contributed by atoms with E-state index in [4.69, 9.17) is 5.73 Å². The van der Waals surface area contributed by atoms with Gasteiger partial charge in [0.2, 0.25) is 0 Å². The number of nitrogens with two attached hydrogens (primary N) is 1. The molecule has 0 fully saturated rings. The summed E-state index contributed by atoms with van der Waals surface area (Å²) in [5.74, 6) is 0.639. The normalized spacial score (nSPS) is 15.9. The predicted molar refractivity (Wildman–Crippen MR) is 71.5 cm³/mol. The average molecular weight is 219 g/mol. The van der Waals surface area contributed by atoms with Crippen LogP contribution in [-0.2, 0) is 0 Å². The van der Waals surface area contributed by atoms with Crippen molar-refractivity contribution in [3.8, 4) is 0 Å². The van der Waals surface area contributed by atoms with E-state index in [9.17, 15) is 0 Å². The Bertz CT molecular complexity index is 318. The molecule has 1 nitrogen and oxygen atoms in total. The smallest absolute Gasteiger partial charge is 0.0344 e. The summed E-state index contributed by atoms with van der Waals surface area (Å²) in [6.07, 6.45) is 1.19. The van der Waals surface area contributed by atoms with E-state index in [2.05, 4.69) is 58.9 Å². The lowest BCUT2D eigenvalue weighted by molar-refractivity contribution is 0.327. The Hall–Kier alpha value is -0.820. The quantitative estimate of drug-likeness (QED) is 0.808. The van der Waals surface area contributed by atoms with Crippen molar-refractivity contribution in [3.63, 3.8) is 0 Å². The second-order valence-electron chi connectivity index (χ2n) is 5.82. The third-order valence-corrected chi connectivity index (χ3v) is 3.41. The number of benzene rings is 1. The second kappa shape index (κ2) is 5.01. The van der Waals surface area contributed by atoms with Gasteiger partial charge in [-0.1, -0.05) is 58.9 Å². The van der Waals surface area contributed by atoms with E-state index < -0.39 is 0 Å². The van der Waals surface area contributed by atoms with Crippen LogP contribution in [-0.4, -0.2) is 0 Å². The molecule has 0 aliphatic heterocycles. The summed E-state index contributed by atoms with van der Waals surface area (Å²) >= 11 is 0. The van der Waals surface area contributed by atoms with Crippen LogP contribution in [0.3, 0.4) is 0 Å². The monoisotopic (exact) mass is 219 g/mol. The summed E-state index contributed by atoms with van der Waals surface area (Å²) in [7, 11) is 0. The molecule has 0 spiro atoms. The van der Waals surface area contributed by atoms with Gasteiger partial charge in [-0.05, 0) is 28.9 Å². The molecule has 0 bridgehead atoms. The van der Waals surface area contributed by atoms with Crippen LogP contribution in [0.1, 0.15) is 64.1 Å². The summed E-state index contributed by atoms with van der Waals surface area (Å²) in [6, 6.07) is 8.90. The van der Waals surface area contributed by atoms with Gasteiger partial charge in [-0.15, -0.1) is 0 Å². The van der Waals surface area contributed by atoms with E-state index in [0.717, 1.165) is 0 Å². The minimum absolute atomic E-state index is 0.110. The molecule has 0 heterocycles. The van der Waals surface area contributed by atoms with E-state index in [1.807, 2.05) is 0 Å². The van der Waals surface area contributed by atoms with Gasteiger partial charge in [0.1, 0.15) is 0 Å². The zero-order valence-electron chi connectivity index (χ0n) is 11.2. The first kappa shape index (κ1) is 13.2. The molecule has 2 N–H and O–H groups in total. The number of hydrogen-bond acceptors (Lipinski definition) is 1. The van der Waals surface area contributed by atoms with Crippen LogP contribution in [0.4, 0.5) is 0 Å². The van der Waals surface area contributed by atoms with Crippen molar-refractivity contribution in [2.24, 2.45) is 11.1 Å². The topological polar surface area (TPSA) is 26.0 Å². The molecule has 0 aliphatic carbocycles. The highest BCUT2D eigenvalue weighted by molar-refractivity contribution is 5.27. The SMILES string of the molecule is CCC(C)c1ccc(C(N)C(C)(C)C)cc1. The maximum absolute atomic E-state index is 6.23. The fourth-order valence-electron chi connectivity index (χ4n) is 1.77. The summed E-state index contributed by atoms with van der Waals surface area (Å²) in [4.78, 5) is 0. The third kappa shape index (κ3) is 3.08. The van der Waals surface area contributed by atoms with Crippen LogP contribution in [0.15, 0.2) is 24.3 Å². The Balaban J connectivity index is 2.87. The molecule has 1 heteroatoms. The Kier molecular flexibility index (Phi) is 4.15. The summed E-state index contributed by atoms with van der Waals surface area (Å²) in [5, 5.41) is 0. The molecule has 1 aromatic carbocycles. The Morgan fingerprint density at radius 2 is 1.50 bits per heavy atom. The van der Waals surface area contributed by atoms with Crippen molar-refractivity contribution in [3.05, 3.63) is 35.4 Å². The average Bonchev–Trinajstić information content (AvgIpc) is 2.26. The minimum Gasteiger partial charge on any atom is -0.324 e. The lowest BCUT2D eigenvalue weighted by atomic mass is 9.82. The first-order valence-electron chi connectivity index (χ1n) is 6.21. The number of hydrogen-bond donors (Lipinski definition) is 1. The molecular weight excluding hydrogens is 194 g/mol. The van der Waals surface area contributed by atoms with Gasteiger partial charge >= 0.3 is 0 Å². The van der Waals surface area contributed by atoms with Crippen molar-refractivity contribution in [1.82, 2.24) is 0 Å². The molecule has 0 aromatic heterocycles. The van der Waals surface area contributed by atoms with Crippen LogP contribution in [0.25, 0.3) is 0 Å². The third-order valence-electron chi connectivity index (χ3n) is 3.41. The molecule has 1 aromatic rings. The van der Waals surface area contributed by atoms with Crippen LogP contribution in [0.2, 0.25) is 0 Å². The van der Waals surface area contributed by atoms with E-state index in [1.165, 1.54) is 17.5 Å².